The molecule has 0 spiro atoms. The van der Waals surface area contributed by atoms with Gasteiger partial charge in [0.15, 0.2) is 0 Å². The summed E-state index contributed by atoms with van der Waals surface area (Å²) in [5, 5.41) is 6.82. The van der Waals surface area contributed by atoms with Crippen LogP contribution in [0.4, 0.5) is 5.69 Å². The molecule has 1 N–H and O–H groups in total. The van der Waals surface area contributed by atoms with E-state index in [9.17, 15) is 18.0 Å². The quantitative estimate of drug-likeness (QED) is 0.660. The van der Waals surface area contributed by atoms with Crippen molar-refractivity contribution >= 4 is 21.6 Å². The Morgan fingerprint density at radius 3 is 2.39 bits per heavy atom. The molecule has 1 aliphatic heterocycles. The minimum absolute atomic E-state index is 0.0349. The summed E-state index contributed by atoms with van der Waals surface area (Å²) in [5.74, 6) is -0.544. The average molecular weight is 439 g/mol. The second kappa shape index (κ2) is 8.83. The minimum Gasteiger partial charge on any atom is -0.321 e. The largest absolute Gasteiger partial charge is 0.321 e. The van der Waals surface area contributed by atoms with Crippen LogP contribution in [0, 0.1) is 0 Å². The maximum Gasteiger partial charge on any atom is 0.276 e. The van der Waals surface area contributed by atoms with Gasteiger partial charge in [0.25, 0.3) is 11.5 Å². The highest BCUT2D eigenvalue weighted by molar-refractivity contribution is 7.89. The Labute approximate surface area is 180 Å². The second-order valence-corrected chi connectivity index (χ2v) is 9.19. The summed E-state index contributed by atoms with van der Waals surface area (Å²) in [6.07, 6.45) is 2.72. The molecule has 2 heterocycles. The summed E-state index contributed by atoms with van der Waals surface area (Å²) in [6.45, 7) is 1.01. The fourth-order valence-corrected chi connectivity index (χ4v) is 5.03. The number of nitrogens with one attached hydrogen (secondary N) is 1. The van der Waals surface area contributed by atoms with Gasteiger partial charge in [0, 0.05) is 24.8 Å². The molecule has 9 heteroatoms. The maximum atomic E-state index is 12.9. The number of para-hydroxylation sites is 1. The lowest BCUT2D eigenvalue weighted by Crippen LogP contribution is -2.35. The molecule has 3 aromatic rings. The van der Waals surface area contributed by atoms with Crippen LogP contribution in [-0.2, 0) is 10.0 Å². The van der Waals surface area contributed by atoms with Crippen LogP contribution in [0.3, 0.4) is 0 Å². The SMILES string of the molecule is O=C(Nc1cccc(S(=O)(=O)N2CCCCC2)c1)c1ccc(=O)n(-c2ccccc2)n1. The van der Waals surface area contributed by atoms with E-state index in [1.165, 1.54) is 28.6 Å². The number of amides is 1. The van der Waals surface area contributed by atoms with E-state index in [-0.39, 0.29) is 16.1 Å². The first-order valence-electron chi connectivity index (χ1n) is 10.0. The molecule has 1 amide bonds. The Bertz CT molecular complexity index is 1250. The molecule has 0 unspecified atom stereocenters. The molecule has 0 aliphatic carbocycles. The molecule has 0 bridgehead atoms. The summed E-state index contributed by atoms with van der Waals surface area (Å²) in [5.41, 5.74) is 0.546. The summed E-state index contributed by atoms with van der Waals surface area (Å²) in [4.78, 5) is 25.0. The van der Waals surface area contributed by atoms with Crippen LogP contribution in [0.15, 0.2) is 76.4 Å². The predicted molar refractivity (Wildman–Crippen MR) is 117 cm³/mol. The van der Waals surface area contributed by atoms with Crippen LogP contribution in [0.25, 0.3) is 5.69 Å². The van der Waals surface area contributed by atoms with Crippen molar-refractivity contribution in [1.29, 1.82) is 0 Å². The molecule has 1 aliphatic rings. The molecule has 1 aromatic heterocycles. The third-order valence-corrected chi connectivity index (χ3v) is 6.97. The molecule has 160 valence electrons. The molecule has 0 radical (unpaired) electrons. The zero-order valence-corrected chi connectivity index (χ0v) is 17.6. The zero-order chi connectivity index (χ0) is 21.8. The van der Waals surface area contributed by atoms with E-state index < -0.39 is 15.9 Å². The molecule has 1 saturated heterocycles. The van der Waals surface area contributed by atoms with Gasteiger partial charge in [-0.15, -0.1) is 0 Å². The van der Waals surface area contributed by atoms with E-state index in [1.807, 2.05) is 6.07 Å². The number of carbonyl (C=O) groups is 1. The third kappa shape index (κ3) is 4.57. The van der Waals surface area contributed by atoms with Gasteiger partial charge in [-0.25, -0.2) is 8.42 Å². The number of anilines is 1. The summed E-state index contributed by atoms with van der Waals surface area (Å²) >= 11 is 0. The molecule has 4 rings (SSSR count). The van der Waals surface area contributed by atoms with Crippen LogP contribution >= 0.6 is 0 Å². The molecular formula is C22H22N4O4S. The van der Waals surface area contributed by atoms with Gasteiger partial charge in [0.2, 0.25) is 10.0 Å². The van der Waals surface area contributed by atoms with E-state index in [0.29, 0.717) is 24.5 Å². The number of carbonyl (C=O) groups excluding carboxylic acids is 1. The molecular weight excluding hydrogens is 416 g/mol. The van der Waals surface area contributed by atoms with E-state index in [2.05, 4.69) is 10.4 Å². The first kappa shape index (κ1) is 21.0. The van der Waals surface area contributed by atoms with Crippen molar-refractivity contribution in [3.63, 3.8) is 0 Å². The fraction of sp³-hybridized carbons (Fsp3) is 0.227. The summed E-state index contributed by atoms with van der Waals surface area (Å²) in [7, 11) is -3.61. The van der Waals surface area contributed by atoms with Gasteiger partial charge in [-0.2, -0.15) is 14.1 Å². The van der Waals surface area contributed by atoms with Gasteiger partial charge >= 0.3 is 0 Å². The number of piperidine rings is 1. The van der Waals surface area contributed by atoms with Crippen molar-refractivity contribution in [2.24, 2.45) is 0 Å². The Kier molecular flexibility index (Phi) is 5.97. The van der Waals surface area contributed by atoms with Gasteiger partial charge in [0.05, 0.1) is 10.6 Å². The van der Waals surface area contributed by atoms with E-state index >= 15 is 0 Å². The van der Waals surface area contributed by atoms with Crippen LogP contribution in [-0.4, -0.2) is 41.5 Å². The highest BCUT2D eigenvalue weighted by Gasteiger charge is 2.26. The van der Waals surface area contributed by atoms with Crippen molar-refractivity contribution in [2.45, 2.75) is 24.2 Å². The maximum absolute atomic E-state index is 12.9. The lowest BCUT2D eigenvalue weighted by atomic mass is 10.2. The highest BCUT2D eigenvalue weighted by atomic mass is 32.2. The monoisotopic (exact) mass is 438 g/mol. The van der Waals surface area contributed by atoms with Gasteiger partial charge in [-0.1, -0.05) is 30.7 Å². The molecule has 0 atom stereocenters. The molecule has 0 saturated carbocycles. The van der Waals surface area contributed by atoms with Crippen LogP contribution in [0.5, 0.6) is 0 Å². The lowest BCUT2D eigenvalue weighted by Gasteiger charge is -2.26. The number of benzene rings is 2. The summed E-state index contributed by atoms with van der Waals surface area (Å²) < 4.78 is 28.4. The molecule has 31 heavy (non-hydrogen) atoms. The van der Waals surface area contributed by atoms with Crippen molar-refractivity contribution in [3.8, 4) is 5.69 Å². The molecule has 8 nitrogen and oxygen atoms in total. The van der Waals surface area contributed by atoms with Gasteiger partial charge < -0.3 is 5.32 Å². The topological polar surface area (TPSA) is 101 Å². The predicted octanol–water partition coefficient (Wildman–Crippen LogP) is 2.66. The van der Waals surface area contributed by atoms with Crippen molar-refractivity contribution in [3.05, 3.63) is 82.8 Å². The molecule has 2 aromatic carbocycles. The number of nitrogens with zero attached hydrogens (tertiary/aromatic N) is 3. The lowest BCUT2D eigenvalue weighted by molar-refractivity contribution is 0.102. The average Bonchev–Trinajstić information content (AvgIpc) is 2.80. The number of sulfonamides is 1. The highest BCUT2D eigenvalue weighted by Crippen LogP contribution is 2.23. The second-order valence-electron chi connectivity index (χ2n) is 7.25. The van der Waals surface area contributed by atoms with Crippen molar-refractivity contribution in [2.75, 3.05) is 18.4 Å². The number of hydrogen-bond acceptors (Lipinski definition) is 5. The van der Waals surface area contributed by atoms with Gasteiger partial charge in [-0.05, 0) is 49.2 Å². The van der Waals surface area contributed by atoms with Crippen LogP contribution in [0.1, 0.15) is 29.8 Å². The van der Waals surface area contributed by atoms with Gasteiger partial charge in [-0.3, -0.25) is 9.59 Å². The normalized spacial score (nSPS) is 14.8. The van der Waals surface area contributed by atoms with E-state index in [1.54, 1.807) is 36.4 Å². The van der Waals surface area contributed by atoms with Gasteiger partial charge in [0.1, 0.15) is 5.69 Å². The number of hydrogen-bond donors (Lipinski definition) is 1. The van der Waals surface area contributed by atoms with Crippen LogP contribution < -0.4 is 10.9 Å². The Morgan fingerprint density at radius 2 is 1.65 bits per heavy atom. The third-order valence-electron chi connectivity index (χ3n) is 5.08. The number of aromatic nitrogens is 2. The first-order valence-corrected chi connectivity index (χ1v) is 11.5. The number of rotatable bonds is 5. The Hall–Kier alpha value is -3.30. The van der Waals surface area contributed by atoms with Crippen molar-refractivity contribution in [1.82, 2.24) is 14.1 Å². The fourth-order valence-electron chi connectivity index (χ4n) is 3.47. The Balaban J connectivity index is 1.57. The summed E-state index contributed by atoms with van der Waals surface area (Å²) in [6, 6.07) is 17.5. The Morgan fingerprint density at radius 1 is 0.903 bits per heavy atom. The van der Waals surface area contributed by atoms with Crippen molar-refractivity contribution < 1.29 is 13.2 Å². The minimum atomic E-state index is -3.61. The molecule has 1 fully saturated rings. The first-order chi connectivity index (χ1) is 14.9. The smallest absolute Gasteiger partial charge is 0.276 e. The van der Waals surface area contributed by atoms with E-state index in [4.69, 9.17) is 0 Å². The zero-order valence-electron chi connectivity index (χ0n) is 16.8. The van der Waals surface area contributed by atoms with E-state index in [0.717, 1.165) is 23.9 Å². The van der Waals surface area contributed by atoms with Crippen LogP contribution in [0.2, 0.25) is 0 Å². The standard InChI is InChI=1S/C22H22N4O4S/c27-21-13-12-20(24-26(21)18-9-3-1-4-10-18)22(28)23-17-8-7-11-19(16-17)31(29,30)25-14-5-2-6-15-25/h1,3-4,7-13,16H,2,5-6,14-15H2,(H,23,28).